The molecule has 1 aromatic heterocycles. The molecule has 1 heterocycles. The van der Waals surface area contributed by atoms with E-state index in [1.54, 1.807) is 0 Å². The summed E-state index contributed by atoms with van der Waals surface area (Å²) in [6, 6.07) is 10.7. The maximum Gasteiger partial charge on any atom is 0.0888 e. The van der Waals surface area contributed by atoms with Gasteiger partial charge >= 0.3 is 0 Å². The Kier molecular flexibility index (Phi) is 2.36. The number of nitrogens with one attached hydrogen (secondary N) is 1. The molecule has 1 atom stereocenters. The minimum Gasteiger partial charge on any atom is -0.282 e. The molecule has 0 aliphatic heterocycles. The Morgan fingerprint density at radius 3 is 2.71 bits per heavy atom. The minimum absolute atomic E-state index is 0.454. The van der Waals surface area contributed by atoms with Crippen LogP contribution in [0.3, 0.4) is 0 Å². The van der Waals surface area contributed by atoms with E-state index in [-0.39, 0.29) is 0 Å². The molecule has 86 valence electrons. The maximum atomic E-state index is 4.38. The fraction of sp³-hybridized carbons (Fsp3) is 0.267. The normalized spacial score (nSPS) is 18.7. The Bertz CT molecular complexity index is 564. The standard InChI is InChI=1S/C15H16N2/c1-10-8-13(12-6-4-3-5-7-12)15-11(2)16-17-14(15)9-10/h3-7,9,13H,8H2,1-2H3,(H,16,17). The molecule has 0 bridgehead atoms. The Morgan fingerprint density at radius 2 is 1.94 bits per heavy atom. The van der Waals surface area contributed by atoms with Crippen LogP contribution in [0.2, 0.25) is 0 Å². The topological polar surface area (TPSA) is 28.7 Å². The van der Waals surface area contributed by atoms with Gasteiger partial charge in [0.05, 0.1) is 5.69 Å². The molecule has 0 saturated heterocycles. The van der Waals surface area contributed by atoms with Crippen molar-refractivity contribution < 1.29 is 0 Å². The lowest BCUT2D eigenvalue weighted by Crippen LogP contribution is -2.08. The van der Waals surface area contributed by atoms with Crippen LogP contribution < -0.4 is 0 Å². The monoisotopic (exact) mass is 224 g/mol. The number of hydrogen-bond donors (Lipinski definition) is 1. The zero-order valence-corrected chi connectivity index (χ0v) is 10.2. The summed E-state index contributed by atoms with van der Waals surface area (Å²) in [6.07, 6.45) is 3.29. The zero-order chi connectivity index (χ0) is 11.8. The number of aromatic amines is 1. The molecule has 17 heavy (non-hydrogen) atoms. The third-order valence-corrected chi connectivity index (χ3v) is 3.48. The first-order valence-electron chi connectivity index (χ1n) is 6.02. The molecule has 1 N–H and O–H groups in total. The van der Waals surface area contributed by atoms with Crippen molar-refractivity contribution in [2.24, 2.45) is 0 Å². The van der Waals surface area contributed by atoms with Gasteiger partial charge in [0.25, 0.3) is 0 Å². The smallest absolute Gasteiger partial charge is 0.0888 e. The minimum atomic E-state index is 0.454. The van der Waals surface area contributed by atoms with Crippen LogP contribution in [0.4, 0.5) is 0 Å². The van der Waals surface area contributed by atoms with Crippen LogP contribution in [0, 0.1) is 6.92 Å². The molecule has 2 heteroatoms. The highest BCUT2D eigenvalue weighted by atomic mass is 15.1. The predicted octanol–water partition coefficient (Wildman–Crippen LogP) is 3.66. The van der Waals surface area contributed by atoms with Crippen molar-refractivity contribution in [3.63, 3.8) is 0 Å². The number of benzene rings is 1. The van der Waals surface area contributed by atoms with Crippen LogP contribution in [0.15, 0.2) is 35.9 Å². The molecular weight excluding hydrogens is 208 g/mol. The summed E-state index contributed by atoms with van der Waals surface area (Å²) < 4.78 is 0. The lowest BCUT2D eigenvalue weighted by atomic mass is 9.81. The van der Waals surface area contributed by atoms with Gasteiger partial charge in [-0.1, -0.05) is 35.9 Å². The predicted molar refractivity (Wildman–Crippen MR) is 69.9 cm³/mol. The Balaban J connectivity index is 2.14. The van der Waals surface area contributed by atoms with Crippen LogP contribution in [0.1, 0.15) is 41.8 Å². The number of nitrogens with zero attached hydrogens (tertiary/aromatic N) is 1. The number of hydrogen-bond acceptors (Lipinski definition) is 1. The third-order valence-electron chi connectivity index (χ3n) is 3.48. The summed E-state index contributed by atoms with van der Waals surface area (Å²) >= 11 is 0. The number of fused-ring (bicyclic) bond motifs is 1. The average molecular weight is 224 g/mol. The van der Waals surface area contributed by atoms with Crippen molar-refractivity contribution in [3.8, 4) is 0 Å². The van der Waals surface area contributed by atoms with Gasteiger partial charge in [0.1, 0.15) is 0 Å². The number of aromatic nitrogens is 2. The second kappa shape index (κ2) is 3.88. The number of H-pyrrole nitrogens is 1. The first-order valence-corrected chi connectivity index (χ1v) is 6.02. The summed E-state index contributed by atoms with van der Waals surface area (Å²) in [5, 5.41) is 7.49. The van der Waals surface area contributed by atoms with Gasteiger partial charge in [-0.15, -0.1) is 0 Å². The van der Waals surface area contributed by atoms with Gasteiger partial charge in [0.15, 0.2) is 0 Å². The quantitative estimate of drug-likeness (QED) is 0.786. The fourth-order valence-electron chi connectivity index (χ4n) is 2.69. The highest BCUT2D eigenvalue weighted by molar-refractivity contribution is 5.60. The molecule has 2 nitrogen and oxygen atoms in total. The molecule has 1 aliphatic rings. The van der Waals surface area contributed by atoms with Crippen molar-refractivity contribution in [1.82, 2.24) is 10.2 Å². The van der Waals surface area contributed by atoms with Crippen molar-refractivity contribution in [1.29, 1.82) is 0 Å². The Morgan fingerprint density at radius 1 is 1.18 bits per heavy atom. The first kappa shape index (κ1) is 10.3. The fourth-order valence-corrected chi connectivity index (χ4v) is 2.69. The van der Waals surface area contributed by atoms with Gasteiger partial charge in [0.2, 0.25) is 0 Å². The van der Waals surface area contributed by atoms with E-state index in [1.807, 2.05) is 0 Å². The molecule has 0 fully saturated rings. The number of allylic oxidation sites excluding steroid dienone is 1. The van der Waals surface area contributed by atoms with Crippen LogP contribution >= 0.6 is 0 Å². The van der Waals surface area contributed by atoms with Crippen molar-refractivity contribution in [2.45, 2.75) is 26.2 Å². The molecule has 0 spiro atoms. The summed E-state index contributed by atoms with van der Waals surface area (Å²) in [5.74, 6) is 0.454. The van der Waals surface area contributed by atoms with Gasteiger partial charge in [-0.25, -0.2) is 0 Å². The van der Waals surface area contributed by atoms with E-state index < -0.39 is 0 Å². The van der Waals surface area contributed by atoms with E-state index in [0.29, 0.717) is 5.92 Å². The van der Waals surface area contributed by atoms with Gasteiger partial charge in [-0.05, 0) is 31.9 Å². The van der Waals surface area contributed by atoms with Crippen LogP contribution in [-0.2, 0) is 0 Å². The van der Waals surface area contributed by atoms with E-state index in [2.05, 4.69) is 60.5 Å². The van der Waals surface area contributed by atoms with Gasteiger partial charge < -0.3 is 0 Å². The Hall–Kier alpha value is -1.83. The van der Waals surface area contributed by atoms with Gasteiger partial charge in [0, 0.05) is 17.2 Å². The maximum absolute atomic E-state index is 4.38. The first-order chi connectivity index (χ1) is 8.25. The Labute approximate surface area is 101 Å². The summed E-state index contributed by atoms with van der Waals surface area (Å²) in [4.78, 5) is 0. The SMILES string of the molecule is CC1=Cc2n[nH]c(C)c2C(c2ccccc2)C1. The van der Waals surface area contributed by atoms with E-state index in [1.165, 1.54) is 22.4 Å². The molecule has 0 saturated carbocycles. The molecule has 0 radical (unpaired) electrons. The van der Waals surface area contributed by atoms with Crippen molar-refractivity contribution in [2.75, 3.05) is 0 Å². The molecule has 1 aromatic carbocycles. The second-order valence-corrected chi connectivity index (χ2v) is 4.81. The number of rotatable bonds is 1. The lowest BCUT2D eigenvalue weighted by molar-refractivity contribution is 0.780. The summed E-state index contributed by atoms with van der Waals surface area (Å²) in [6.45, 7) is 4.29. The van der Waals surface area contributed by atoms with E-state index in [0.717, 1.165) is 12.1 Å². The average Bonchev–Trinajstić information content (AvgIpc) is 2.71. The molecule has 3 rings (SSSR count). The second-order valence-electron chi connectivity index (χ2n) is 4.81. The van der Waals surface area contributed by atoms with E-state index in [4.69, 9.17) is 0 Å². The van der Waals surface area contributed by atoms with Crippen LogP contribution in [0.25, 0.3) is 6.08 Å². The largest absolute Gasteiger partial charge is 0.282 e. The zero-order valence-electron chi connectivity index (χ0n) is 10.2. The third kappa shape index (κ3) is 1.70. The van der Waals surface area contributed by atoms with Gasteiger partial charge in [-0.2, -0.15) is 5.10 Å². The molecular formula is C15H16N2. The van der Waals surface area contributed by atoms with Gasteiger partial charge in [-0.3, -0.25) is 5.10 Å². The van der Waals surface area contributed by atoms with E-state index in [9.17, 15) is 0 Å². The highest BCUT2D eigenvalue weighted by Gasteiger charge is 2.25. The molecule has 0 amide bonds. The van der Waals surface area contributed by atoms with E-state index >= 15 is 0 Å². The number of aryl methyl sites for hydroxylation is 1. The lowest BCUT2D eigenvalue weighted by Gasteiger charge is -2.22. The molecule has 1 aliphatic carbocycles. The van der Waals surface area contributed by atoms with Crippen molar-refractivity contribution in [3.05, 3.63) is 58.4 Å². The van der Waals surface area contributed by atoms with Crippen molar-refractivity contribution >= 4 is 6.08 Å². The van der Waals surface area contributed by atoms with Crippen LogP contribution in [0.5, 0.6) is 0 Å². The molecule has 2 aromatic rings. The summed E-state index contributed by atoms with van der Waals surface area (Å²) in [5.41, 5.74) is 6.45. The van der Waals surface area contributed by atoms with Crippen LogP contribution in [-0.4, -0.2) is 10.2 Å². The highest BCUT2D eigenvalue weighted by Crippen LogP contribution is 2.38. The summed E-state index contributed by atoms with van der Waals surface area (Å²) in [7, 11) is 0. The molecule has 1 unspecified atom stereocenters.